The van der Waals surface area contributed by atoms with Crippen LogP contribution in [0.1, 0.15) is 36.7 Å². The first-order valence-electron chi connectivity index (χ1n) is 5.64. The lowest BCUT2D eigenvalue weighted by molar-refractivity contribution is 0.0690. The van der Waals surface area contributed by atoms with Gasteiger partial charge in [-0.3, -0.25) is 0 Å². The maximum Gasteiger partial charge on any atom is 0.357 e. The molecule has 5 heteroatoms. The van der Waals surface area contributed by atoms with Crippen LogP contribution in [0.4, 0.5) is 6.01 Å². The average Bonchev–Trinajstić information content (AvgIpc) is 2.92. The fraction of sp³-hybridized carbons (Fsp3) is 0.636. The first-order valence-corrected chi connectivity index (χ1v) is 5.64. The number of nitrogens with zero attached hydrogens (tertiary/aromatic N) is 2. The molecule has 1 N–H and O–H groups in total. The van der Waals surface area contributed by atoms with Crippen molar-refractivity contribution in [2.45, 2.75) is 26.2 Å². The van der Waals surface area contributed by atoms with E-state index in [0.29, 0.717) is 6.01 Å². The van der Waals surface area contributed by atoms with E-state index in [4.69, 9.17) is 9.52 Å². The largest absolute Gasteiger partial charge is 0.476 e. The van der Waals surface area contributed by atoms with Crippen LogP contribution in [0, 0.1) is 5.92 Å². The Morgan fingerprint density at radius 1 is 1.69 bits per heavy atom. The Bertz CT molecular complexity index is 371. The summed E-state index contributed by atoms with van der Waals surface area (Å²) in [6, 6.07) is 0.436. The second kappa shape index (κ2) is 4.55. The normalized spacial score (nSPS) is 15.1. The number of carbonyl (C=O) groups is 1. The van der Waals surface area contributed by atoms with Crippen molar-refractivity contribution < 1.29 is 14.3 Å². The zero-order chi connectivity index (χ0) is 11.5. The van der Waals surface area contributed by atoms with Crippen LogP contribution in [0.5, 0.6) is 0 Å². The number of rotatable bonds is 6. The lowest BCUT2D eigenvalue weighted by atomic mass is 10.3. The number of hydrogen-bond donors (Lipinski definition) is 1. The van der Waals surface area contributed by atoms with Crippen LogP contribution >= 0.6 is 0 Å². The van der Waals surface area contributed by atoms with Crippen molar-refractivity contribution in [1.82, 2.24) is 4.98 Å². The lowest BCUT2D eigenvalue weighted by Crippen LogP contribution is -2.26. The number of carboxylic acids is 1. The number of oxazole rings is 1. The lowest BCUT2D eigenvalue weighted by Gasteiger charge is -2.19. The molecular weight excluding hydrogens is 208 g/mol. The predicted octanol–water partition coefficient (Wildman–Crippen LogP) is 2.00. The van der Waals surface area contributed by atoms with Gasteiger partial charge in [0.15, 0.2) is 5.69 Å². The molecule has 0 radical (unpaired) electrons. The van der Waals surface area contributed by atoms with E-state index in [2.05, 4.69) is 11.9 Å². The van der Waals surface area contributed by atoms with Gasteiger partial charge in [-0.25, -0.2) is 4.79 Å². The molecule has 1 aliphatic carbocycles. The molecule has 0 aromatic carbocycles. The topological polar surface area (TPSA) is 66.6 Å². The van der Waals surface area contributed by atoms with Crippen molar-refractivity contribution in [3.63, 3.8) is 0 Å². The van der Waals surface area contributed by atoms with E-state index in [9.17, 15) is 4.79 Å². The van der Waals surface area contributed by atoms with Crippen molar-refractivity contribution in [3.8, 4) is 0 Å². The number of carboxylic acid groups (broad SMARTS) is 1. The van der Waals surface area contributed by atoms with Gasteiger partial charge in [-0.2, -0.15) is 4.98 Å². The van der Waals surface area contributed by atoms with E-state index < -0.39 is 5.97 Å². The number of anilines is 1. The van der Waals surface area contributed by atoms with Gasteiger partial charge in [0, 0.05) is 13.1 Å². The molecule has 0 aliphatic heterocycles. The molecule has 0 bridgehead atoms. The fourth-order valence-electron chi connectivity index (χ4n) is 1.65. The minimum Gasteiger partial charge on any atom is -0.476 e. The molecule has 1 aromatic rings. The minimum atomic E-state index is -1.04. The molecule has 1 saturated carbocycles. The molecule has 88 valence electrons. The van der Waals surface area contributed by atoms with Crippen molar-refractivity contribution in [3.05, 3.63) is 12.0 Å². The van der Waals surface area contributed by atoms with E-state index in [1.807, 2.05) is 4.90 Å². The molecule has 2 rings (SSSR count). The molecule has 16 heavy (non-hydrogen) atoms. The highest BCUT2D eigenvalue weighted by atomic mass is 16.4. The summed E-state index contributed by atoms with van der Waals surface area (Å²) in [7, 11) is 0. The van der Waals surface area contributed by atoms with Crippen LogP contribution in [0.15, 0.2) is 10.7 Å². The monoisotopic (exact) mass is 224 g/mol. The Kier molecular flexibility index (Phi) is 3.12. The minimum absolute atomic E-state index is 0.0214. The van der Waals surface area contributed by atoms with Gasteiger partial charge in [0.25, 0.3) is 6.01 Å². The van der Waals surface area contributed by atoms with E-state index in [1.165, 1.54) is 19.1 Å². The standard InChI is InChI=1S/C11H16N2O3/c1-2-5-13(6-8-3-4-8)11-12-9(7-16-11)10(14)15/h7-8H,2-6H2,1H3,(H,14,15). The van der Waals surface area contributed by atoms with Gasteiger partial charge < -0.3 is 14.4 Å². The van der Waals surface area contributed by atoms with Crippen LogP contribution < -0.4 is 4.90 Å². The van der Waals surface area contributed by atoms with Gasteiger partial charge in [-0.1, -0.05) is 6.92 Å². The van der Waals surface area contributed by atoms with Crippen LogP contribution in [-0.4, -0.2) is 29.1 Å². The average molecular weight is 224 g/mol. The summed E-state index contributed by atoms with van der Waals surface area (Å²) >= 11 is 0. The number of aromatic carboxylic acids is 1. The second-order valence-electron chi connectivity index (χ2n) is 4.21. The van der Waals surface area contributed by atoms with E-state index >= 15 is 0 Å². The van der Waals surface area contributed by atoms with Crippen molar-refractivity contribution in [2.75, 3.05) is 18.0 Å². The Morgan fingerprint density at radius 3 is 2.94 bits per heavy atom. The molecule has 0 amide bonds. The highest BCUT2D eigenvalue weighted by Crippen LogP contribution is 2.31. The molecule has 1 aromatic heterocycles. The smallest absolute Gasteiger partial charge is 0.357 e. The van der Waals surface area contributed by atoms with Crippen molar-refractivity contribution in [1.29, 1.82) is 0 Å². The molecule has 0 saturated heterocycles. The Morgan fingerprint density at radius 2 is 2.44 bits per heavy atom. The molecule has 0 unspecified atom stereocenters. The van der Waals surface area contributed by atoms with E-state index in [1.54, 1.807) is 0 Å². The zero-order valence-corrected chi connectivity index (χ0v) is 9.35. The van der Waals surface area contributed by atoms with Crippen LogP contribution in [0.2, 0.25) is 0 Å². The first-order chi connectivity index (χ1) is 7.70. The third kappa shape index (κ3) is 2.53. The SMILES string of the molecule is CCCN(CC1CC1)c1nc(C(=O)O)co1. The van der Waals surface area contributed by atoms with Crippen LogP contribution in [0.25, 0.3) is 0 Å². The third-order valence-corrected chi connectivity index (χ3v) is 2.65. The van der Waals surface area contributed by atoms with Gasteiger partial charge in [-0.15, -0.1) is 0 Å². The summed E-state index contributed by atoms with van der Waals surface area (Å²) < 4.78 is 5.20. The van der Waals surface area contributed by atoms with Gasteiger partial charge in [0.2, 0.25) is 0 Å². The van der Waals surface area contributed by atoms with E-state index in [-0.39, 0.29) is 5.69 Å². The van der Waals surface area contributed by atoms with Crippen LogP contribution in [0.3, 0.4) is 0 Å². The van der Waals surface area contributed by atoms with Crippen molar-refractivity contribution >= 4 is 12.0 Å². The fourth-order valence-corrected chi connectivity index (χ4v) is 1.65. The second-order valence-corrected chi connectivity index (χ2v) is 4.21. The van der Waals surface area contributed by atoms with Crippen LogP contribution in [-0.2, 0) is 0 Å². The maximum atomic E-state index is 10.7. The molecule has 1 heterocycles. The summed E-state index contributed by atoms with van der Waals surface area (Å²) in [4.78, 5) is 16.7. The highest BCUT2D eigenvalue weighted by Gasteiger charge is 2.26. The van der Waals surface area contributed by atoms with E-state index in [0.717, 1.165) is 25.4 Å². The molecular formula is C11H16N2O3. The summed E-state index contributed by atoms with van der Waals surface area (Å²) in [5, 5.41) is 8.76. The number of aromatic nitrogens is 1. The first kappa shape index (κ1) is 11.0. The van der Waals surface area contributed by atoms with Gasteiger partial charge in [-0.05, 0) is 25.2 Å². The summed E-state index contributed by atoms with van der Waals surface area (Å²) in [6.07, 6.45) is 4.71. The summed E-state index contributed by atoms with van der Waals surface area (Å²) in [6.45, 7) is 3.87. The summed E-state index contributed by atoms with van der Waals surface area (Å²) in [5.74, 6) is -0.315. The maximum absolute atomic E-state index is 10.7. The Labute approximate surface area is 94.1 Å². The highest BCUT2D eigenvalue weighted by molar-refractivity contribution is 5.85. The predicted molar refractivity (Wildman–Crippen MR) is 58.7 cm³/mol. The quantitative estimate of drug-likeness (QED) is 0.800. The zero-order valence-electron chi connectivity index (χ0n) is 9.35. The summed E-state index contributed by atoms with van der Waals surface area (Å²) in [5.41, 5.74) is -0.0214. The molecule has 1 fully saturated rings. The molecule has 5 nitrogen and oxygen atoms in total. The Balaban J connectivity index is 2.06. The molecule has 0 spiro atoms. The number of hydrogen-bond acceptors (Lipinski definition) is 4. The van der Waals surface area contributed by atoms with Gasteiger partial charge in [0.05, 0.1) is 0 Å². The molecule has 0 atom stereocenters. The third-order valence-electron chi connectivity index (χ3n) is 2.65. The van der Waals surface area contributed by atoms with Crippen molar-refractivity contribution in [2.24, 2.45) is 5.92 Å². The molecule has 1 aliphatic rings. The van der Waals surface area contributed by atoms with Gasteiger partial charge in [0.1, 0.15) is 6.26 Å². The van der Waals surface area contributed by atoms with Gasteiger partial charge >= 0.3 is 5.97 Å². The Hall–Kier alpha value is -1.52.